The minimum atomic E-state index is 0.0762. The summed E-state index contributed by atoms with van der Waals surface area (Å²) >= 11 is 1.17. The van der Waals surface area contributed by atoms with Crippen LogP contribution in [0.3, 0.4) is 0 Å². The van der Waals surface area contributed by atoms with E-state index in [-0.39, 0.29) is 5.91 Å². The summed E-state index contributed by atoms with van der Waals surface area (Å²) < 4.78 is 3.77. The molecule has 1 aromatic heterocycles. The largest absolute Gasteiger partial charge is 0.335 e. The van der Waals surface area contributed by atoms with Crippen molar-refractivity contribution in [2.75, 3.05) is 6.54 Å². The van der Waals surface area contributed by atoms with Crippen LogP contribution < -0.4 is 5.73 Å². The maximum Gasteiger partial charge on any atom is 0.267 e. The smallest absolute Gasteiger partial charge is 0.267 e. The van der Waals surface area contributed by atoms with E-state index in [1.807, 2.05) is 4.90 Å². The van der Waals surface area contributed by atoms with Gasteiger partial charge < -0.3 is 10.6 Å². The summed E-state index contributed by atoms with van der Waals surface area (Å²) in [5, 5.41) is 3.74. The Balaban J connectivity index is 2.05. The molecular weight excluding hydrogens is 248 g/mol. The average Bonchev–Trinajstić information content (AvgIpc) is 2.90. The summed E-state index contributed by atoms with van der Waals surface area (Å²) in [5.41, 5.74) is 5.92. The minimum absolute atomic E-state index is 0.0762. The Kier molecular flexibility index (Phi) is 4.66. The zero-order valence-corrected chi connectivity index (χ0v) is 11.5. The van der Waals surface area contributed by atoms with Crippen molar-refractivity contribution in [3.05, 3.63) is 11.1 Å². The van der Waals surface area contributed by atoms with E-state index in [0.29, 0.717) is 17.0 Å². The monoisotopic (exact) mass is 268 g/mol. The second kappa shape index (κ2) is 6.24. The lowest BCUT2D eigenvalue weighted by Crippen LogP contribution is -2.44. The molecule has 1 aliphatic rings. The van der Waals surface area contributed by atoms with Gasteiger partial charge >= 0.3 is 0 Å². The van der Waals surface area contributed by atoms with Crippen LogP contribution in [0.5, 0.6) is 0 Å². The molecule has 2 N–H and O–H groups in total. The molecule has 0 aromatic carbocycles. The van der Waals surface area contributed by atoms with Gasteiger partial charge in [-0.1, -0.05) is 11.4 Å². The second-order valence-electron chi connectivity index (χ2n) is 4.85. The number of amides is 1. The maximum absolute atomic E-state index is 12.4. The van der Waals surface area contributed by atoms with Crippen LogP contribution in [-0.2, 0) is 0 Å². The first-order chi connectivity index (χ1) is 8.72. The summed E-state index contributed by atoms with van der Waals surface area (Å²) in [5.74, 6) is 0.0762. The third-order valence-electron chi connectivity index (χ3n) is 3.48. The number of nitrogens with two attached hydrogens (primary N) is 1. The molecule has 0 bridgehead atoms. The van der Waals surface area contributed by atoms with Crippen molar-refractivity contribution >= 4 is 17.4 Å². The first-order valence-electron chi connectivity index (χ1n) is 6.56. The Hall–Kier alpha value is -1.01. The second-order valence-corrected chi connectivity index (χ2v) is 5.63. The predicted molar refractivity (Wildman–Crippen MR) is 71.5 cm³/mol. The van der Waals surface area contributed by atoms with Crippen LogP contribution in [0.2, 0.25) is 0 Å². The Labute approximate surface area is 112 Å². The van der Waals surface area contributed by atoms with Crippen molar-refractivity contribution in [1.82, 2.24) is 14.5 Å². The van der Waals surface area contributed by atoms with Crippen LogP contribution in [0.4, 0.5) is 0 Å². The van der Waals surface area contributed by atoms with Crippen LogP contribution in [0, 0.1) is 0 Å². The van der Waals surface area contributed by atoms with Crippen LogP contribution in [0.25, 0.3) is 0 Å². The van der Waals surface area contributed by atoms with Gasteiger partial charge in [0, 0.05) is 18.6 Å². The number of hydrogen-bond donors (Lipinski definition) is 1. The van der Waals surface area contributed by atoms with Crippen LogP contribution >= 0.6 is 11.5 Å². The lowest BCUT2D eigenvalue weighted by atomic mass is 9.90. The molecule has 0 atom stereocenters. The number of aromatic nitrogens is 2. The number of nitrogens with zero attached hydrogens (tertiary/aromatic N) is 3. The molecule has 1 aromatic rings. The minimum Gasteiger partial charge on any atom is -0.335 e. The number of rotatable bonds is 4. The Morgan fingerprint density at radius 1 is 1.50 bits per heavy atom. The third-order valence-corrected chi connectivity index (χ3v) is 4.13. The maximum atomic E-state index is 12.4. The van der Waals surface area contributed by atoms with Gasteiger partial charge in [0.15, 0.2) is 0 Å². The molecule has 0 radical (unpaired) electrons. The standard InChI is InChI=1S/C12H20N4OS/c1-2-7-16(10-5-3-9(13)4-6-10)12(17)11-8-14-15-18-11/h8-10H,2-7,13H2,1H3. The molecular formula is C12H20N4OS. The highest BCUT2D eigenvalue weighted by atomic mass is 32.1. The molecule has 1 aliphatic carbocycles. The van der Waals surface area contributed by atoms with Gasteiger partial charge in [-0.3, -0.25) is 4.79 Å². The Bertz CT molecular complexity index is 373. The number of hydrogen-bond acceptors (Lipinski definition) is 5. The molecule has 0 unspecified atom stereocenters. The van der Waals surface area contributed by atoms with Crippen molar-refractivity contribution < 1.29 is 4.79 Å². The fraction of sp³-hybridized carbons (Fsp3) is 0.750. The fourth-order valence-corrected chi connectivity index (χ4v) is 2.98. The van der Waals surface area contributed by atoms with Gasteiger partial charge in [0.05, 0.1) is 6.20 Å². The third kappa shape index (κ3) is 3.05. The molecule has 1 heterocycles. The Morgan fingerprint density at radius 3 is 2.78 bits per heavy atom. The van der Waals surface area contributed by atoms with E-state index >= 15 is 0 Å². The van der Waals surface area contributed by atoms with Crippen molar-refractivity contribution in [2.45, 2.75) is 51.1 Å². The SMILES string of the molecule is CCCN(C(=O)c1cnns1)C1CCC(N)CC1. The van der Waals surface area contributed by atoms with Crippen LogP contribution in [0.15, 0.2) is 6.20 Å². The summed E-state index contributed by atoms with van der Waals surface area (Å²) in [4.78, 5) is 15.0. The first kappa shape index (κ1) is 13.4. The van der Waals surface area contributed by atoms with Crippen molar-refractivity contribution in [1.29, 1.82) is 0 Å². The van der Waals surface area contributed by atoms with Crippen molar-refractivity contribution in [2.24, 2.45) is 5.73 Å². The highest BCUT2D eigenvalue weighted by molar-refractivity contribution is 7.07. The molecule has 5 nitrogen and oxygen atoms in total. The van der Waals surface area contributed by atoms with Crippen LogP contribution in [-0.4, -0.2) is 39.0 Å². The molecule has 100 valence electrons. The Morgan fingerprint density at radius 2 is 2.22 bits per heavy atom. The zero-order valence-electron chi connectivity index (χ0n) is 10.7. The molecule has 0 saturated heterocycles. The molecule has 1 saturated carbocycles. The van der Waals surface area contributed by atoms with E-state index in [4.69, 9.17) is 5.73 Å². The van der Waals surface area contributed by atoms with Gasteiger partial charge in [-0.25, -0.2) is 0 Å². The van der Waals surface area contributed by atoms with Gasteiger partial charge in [0.1, 0.15) is 4.88 Å². The van der Waals surface area contributed by atoms with Gasteiger partial charge in [-0.2, -0.15) is 0 Å². The van der Waals surface area contributed by atoms with Crippen molar-refractivity contribution in [3.8, 4) is 0 Å². The first-order valence-corrected chi connectivity index (χ1v) is 7.33. The summed E-state index contributed by atoms with van der Waals surface area (Å²) in [6, 6.07) is 0.643. The highest BCUT2D eigenvalue weighted by Gasteiger charge is 2.28. The van der Waals surface area contributed by atoms with E-state index < -0.39 is 0 Å². The molecule has 1 amide bonds. The summed E-state index contributed by atoms with van der Waals surface area (Å²) in [6.45, 7) is 2.90. The highest BCUT2D eigenvalue weighted by Crippen LogP contribution is 2.24. The number of carbonyl (C=O) groups is 1. The summed E-state index contributed by atoms with van der Waals surface area (Å²) in [6.07, 6.45) is 6.58. The average molecular weight is 268 g/mol. The lowest BCUT2D eigenvalue weighted by molar-refractivity contribution is 0.0631. The molecule has 0 aliphatic heterocycles. The molecule has 2 rings (SSSR count). The normalized spacial score (nSPS) is 23.9. The van der Waals surface area contributed by atoms with E-state index in [1.165, 1.54) is 11.5 Å². The number of carbonyl (C=O) groups excluding carboxylic acids is 1. The van der Waals surface area contributed by atoms with Gasteiger partial charge in [0.25, 0.3) is 5.91 Å². The van der Waals surface area contributed by atoms with Crippen LogP contribution in [0.1, 0.15) is 48.7 Å². The molecule has 0 spiro atoms. The predicted octanol–water partition coefficient (Wildman–Crippen LogP) is 1.66. The topological polar surface area (TPSA) is 72.1 Å². The quantitative estimate of drug-likeness (QED) is 0.901. The van der Waals surface area contributed by atoms with E-state index in [2.05, 4.69) is 16.5 Å². The van der Waals surface area contributed by atoms with Gasteiger partial charge in [-0.05, 0) is 43.6 Å². The van der Waals surface area contributed by atoms with Gasteiger partial charge in [0.2, 0.25) is 0 Å². The van der Waals surface area contributed by atoms with Crippen molar-refractivity contribution in [3.63, 3.8) is 0 Å². The fourth-order valence-electron chi connectivity index (χ4n) is 2.51. The van der Waals surface area contributed by atoms with Gasteiger partial charge in [-0.15, -0.1) is 5.10 Å². The lowest BCUT2D eigenvalue weighted by Gasteiger charge is -2.35. The van der Waals surface area contributed by atoms with E-state index in [1.54, 1.807) is 6.20 Å². The van der Waals surface area contributed by atoms with E-state index in [9.17, 15) is 4.79 Å². The molecule has 18 heavy (non-hydrogen) atoms. The molecule has 1 fully saturated rings. The summed E-state index contributed by atoms with van der Waals surface area (Å²) in [7, 11) is 0. The molecule has 6 heteroatoms. The zero-order chi connectivity index (χ0) is 13.0. The van der Waals surface area contributed by atoms with E-state index in [0.717, 1.165) is 38.6 Å².